The Balaban J connectivity index is 1.44. The average molecular weight is 473 g/mol. The lowest BCUT2D eigenvalue weighted by Gasteiger charge is -2.07. The topological polar surface area (TPSA) is 136 Å². The van der Waals surface area contributed by atoms with E-state index >= 15 is 0 Å². The van der Waals surface area contributed by atoms with Gasteiger partial charge < -0.3 is 19.4 Å². The maximum Gasteiger partial charge on any atom is 0.420 e. The third kappa shape index (κ3) is 5.19. The Morgan fingerprint density at radius 1 is 0.886 bits per heavy atom. The van der Waals surface area contributed by atoms with Crippen LogP contribution in [0.1, 0.15) is 21.5 Å². The number of fused-ring (bicyclic) bond motifs is 1. The molecule has 0 aliphatic rings. The first-order valence-electron chi connectivity index (χ1n) is 10.5. The van der Waals surface area contributed by atoms with Gasteiger partial charge in [0, 0.05) is 11.1 Å². The van der Waals surface area contributed by atoms with Crippen LogP contribution in [0.15, 0.2) is 87.6 Å². The average Bonchev–Trinajstić information content (AvgIpc) is 3.17. The number of rotatable bonds is 9. The van der Waals surface area contributed by atoms with Crippen LogP contribution in [0.3, 0.4) is 0 Å². The van der Waals surface area contributed by atoms with E-state index in [2.05, 4.69) is 0 Å². The highest BCUT2D eigenvalue weighted by molar-refractivity contribution is 6.16. The Hall–Kier alpha value is -4.92. The number of carbonyl (C=O) groups is 3. The number of aliphatic carboxylic acids is 2. The fraction of sp³-hybridized carbons (Fsp3) is 0.0769. The summed E-state index contributed by atoms with van der Waals surface area (Å²) in [6.45, 7) is 0.311. The van der Waals surface area contributed by atoms with Crippen molar-refractivity contribution in [2.45, 2.75) is 6.54 Å². The molecule has 1 aromatic heterocycles. The van der Waals surface area contributed by atoms with Gasteiger partial charge in [-0.3, -0.25) is 9.36 Å². The highest BCUT2D eigenvalue weighted by Crippen LogP contribution is 2.19. The molecule has 0 saturated heterocycles. The van der Waals surface area contributed by atoms with Crippen LogP contribution in [-0.4, -0.2) is 39.1 Å². The van der Waals surface area contributed by atoms with Gasteiger partial charge in [0.2, 0.25) is 0 Å². The largest absolute Gasteiger partial charge is 0.492 e. The highest BCUT2D eigenvalue weighted by Gasteiger charge is 2.16. The number of hydrogen-bond donors (Lipinski definition) is 2. The summed E-state index contributed by atoms with van der Waals surface area (Å²) in [6.07, 6.45) is 1.04. The second kappa shape index (κ2) is 9.92. The molecule has 4 rings (SSSR count). The number of carboxylic acid groups (broad SMARTS) is 2. The first-order valence-corrected chi connectivity index (χ1v) is 10.5. The summed E-state index contributed by atoms with van der Waals surface area (Å²) < 4.78 is 12.4. The molecule has 0 atom stereocenters. The SMILES string of the molecule is O=C(O)C(=Cc1ccc(OCCn2c(=O)oc3cc(C(=O)c4ccccc4)ccc32)cc1)C(=O)O. The molecule has 0 aliphatic carbocycles. The number of benzene rings is 3. The van der Waals surface area contributed by atoms with Gasteiger partial charge in [-0.1, -0.05) is 42.5 Å². The van der Waals surface area contributed by atoms with Crippen LogP contribution < -0.4 is 10.5 Å². The van der Waals surface area contributed by atoms with Crippen molar-refractivity contribution in [1.82, 2.24) is 4.57 Å². The quantitative estimate of drug-likeness (QED) is 0.163. The number of hydrogen-bond acceptors (Lipinski definition) is 6. The number of ether oxygens (including phenoxy) is 1. The van der Waals surface area contributed by atoms with Crippen LogP contribution >= 0.6 is 0 Å². The summed E-state index contributed by atoms with van der Waals surface area (Å²) in [5, 5.41) is 17.9. The van der Waals surface area contributed by atoms with Crippen LogP contribution in [-0.2, 0) is 16.1 Å². The highest BCUT2D eigenvalue weighted by atomic mass is 16.5. The Kier molecular flexibility index (Phi) is 6.59. The second-order valence-electron chi connectivity index (χ2n) is 7.48. The van der Waals surface area contributed by atoms with Crippen molar-refractivity contribution in [2.75, 3.05) is 6.61 Å². The van der Waals surface area contributed by atoms with Crippen molar-refractivity contribution in [3.8, 4) is 5.75 Å². The fourth-order valence-electron chi connectivity index (χ4n) is 3.47. The maximum atomic E-state index is 12.7. The first kappa shape index (κ1) is 23.2. The number of ketones is 1. The molecule has 0 aliphatic heterocycles. The number of nitrogens with zero attached hydrogens (tertiary/aromatic N) is 1. The van der Waals surface area contributed by atoms with E-state index in [4.69, 9.17) is 19.4 Å². The van der Waals surface area contributed by atoms with E-state index in [1.54, 1.807) is 48.5 Å². The molecule has 176 valence electrons. The minimum absolute atomic E-state index is 0.129. The van der Waals surface area contributed by atoms with Gasteiger partial charge >= 0.3 is 17.7 Å². The number of oxazole rings is 1. The summed E-state index contributed by atoms with van der Waals surface area (Å²) >= 11 is 0. The van der Waals surface area contributed by atoms with Crippen LogP contribution in [0.4, 0.5) is 0 Å². The van der Waals surface area contributed by atoms with E-state index in [1.807, 2.05) is 6.07 Å². The molecule has 0 saturated carbocycles. The molecule has 0 amide bonds. The zero-order valence-electron chi connectivity index (χ0n) is 18.2. The molecule has 0 unspecified atom stereocenters. The minimum Gasteiger partial charge on any atom is -0.492 e. The van der Waals surface area contributed by atoms with Crippen LogP contribution in [0.25, 0.3) is 17.2 Å². The monoisotopic (exact) mass is 473 g/mol. The molecular formula is C26H19NO8. The van der Waals surface area contributed by atoms with Gasteiger partial charge in [0.15, 0.2) is 11.4 Å². The number of aromatic nitrogens is 1. The van der Waals surface area contributed by atoms with Crippen molar-refractivity contribution in [2.24, 2.45) is 0 Å². The van der Waals surface area contributed by atoms with E-state index in [9.17, 15) is 19.2 Å². The van der Waals surface area contributed by atoms with Crippen LogP contribution in [0.2, 0.25) is 0 Å². The van der Waals surface area contributed by atoms with Gasteiger partial charge in [-0.25, -0.2) is 14.4 Å². The molecule has 3 aromatic carbocycles. The van der Waals surface area contributed by atoms with Crippen molar-refractivity contribution in [1.29, 1.82) is 0 Å². The van der Waals surface area contributed by atoms with Gasteiger partial charge in [0.25, 0.3) is 0 Å². The van der Waals surface area contributed by atoms with Gasteiger partial charge in [0.1, 0.15) is 17.9 Å². The lowest BCUT2D eigenvalue weighted by Crippen LogP contribution is -2.18. The molecule has 0 spiro atoms. The molecule has 9 heteroatoms. The first-order chi connectivity index (χ1) is 16.8. The Bertz CT molecular complexity index is 1480. The van der Waals surface area contributed by atoms with E-state index in [-0.39, 0.29) is 18.9 Å². The van der Waals surface area contributed by atoms with E-state index in [0.717, 1.165) is 6.08 Å². The molecule has 9 nitrogen and oxygen atoms in total. The predicted molar refractivity (Wildman–Crippen MR) is 126 cm³/mol. The Morgan fingerprint density at radius 3 is 2.23 bits per heavy atom. The number of carboxylic acids is 2. The zero-order valence-corrected chi connectivity index (χ0v) is 18.2. The van der Waals surface area contributed by atoms with Crippen LogP contribution in [0, 0.1) is 0 Å². The van der Waals surface area contributed by atoms with Crippen LogP contribution in [0.5, 0.6) is 5.75 Å². The molecule has 2 N–H and O–H groups in total. The second-order valence-corrected chi connectivity index (χ2v) is 7.48. The summed E-state index contributed by atoms with van der Waals surface area (Å²) in [7, 11) is 0. The van der Waals surface area contributed by atoms with E-state index < -0.39 is 23.3 Å². The van der Waals surface area contributed by atoms with E-state index in [0.29, 0.717) is 33.5 Å². The summed E-state index contributed by atoms with van der Waals surface area (Å²) in [6, 6.07) is 19.8. The predicted octanol–water partition coefficient (Wildman–Crippen LogP) is 3.46. The summed E-state index contributed by atoms with van der Waals surface area (Å²) in [5.41, 5.74) is 1.39. The fourth-order valence-corrected chi connectivity index (χ4v) is 3.47. The molecule has 0 fully saturated rings. The standard InChI is InChI=1S/C26H19NO8/c28-23(17-4-2-1-3-5-17)18-8-11-21-22(15-18)35-26(33)27(21)12-13-34-19-9-6-16(7-10-19)14-20(24(29)30)25(31)32/h1-11,14-15H,12-13H2,(H,29,30)(H,31,32). The van der Waals surface area contributed by atoms with Crippen molar-refractivity contribution >= 4 is 34.9 Å². The number of carbonyl (C=O) groups excluding carboxylic acids is 1. The van der Waals surface area contributed by atoms with Gasteiger partial charge in [-0.2, -0.15) is 0 Å². The lowest BCUT2D eigenvalue weighted by atomic mass is 10.0. The summed E-state index contributed by atoms with van der Waals surface area (Å²) in [5.74, 6) is -3.38. The normalized spacial score (nSPS) is 10.6. The Labute approximate surface area is 198 Å². The van der Waals surface area contributed by atoms with Crippen molar-refractivity contribution in [3.05, 3.63) is 106 Å². The molecule has 4 aromatic rings. The van der Waals surface area contributed by atoms with Gasteiger partial charge in [-0.05, 0) is 42.0 Å². The molecular weight excluding hydrogens is 454 g/mol. The summed E-state index contributed by atoms with van der Waals surface area (Å²) in [4.78, 5) is 47.0. The lowest BCUT2D eigenvalue weighted by molar-refractivity contribution is -0.140. The third-order valence-corrected chi connectivity index (χ3v) is 5.20. The molecule has 35 heavy (non-hydrogen) atoms. The Morgan fingerprint density at radius 2 is 1.57 bits per heavy atom. The third-order valence-electron chi connectivity index (χ3n) is 5.20. The molecule has 0 radical (unpaired) electrons. The molecule has 0 bridgehead atoms. The zero-order chi connectivity index (χ0) is 24.9. The minimum atomic E-state index is -1.54. The van der Waals surface area contributed by atoms with Gasteiger partial charge in [-0.15, -0.1) is 0 Å². The molecule has 1 heterocycles. The maximum absolute atomic E-state index is 12.7. The smallest absolute Gasteiger partial charge is 0.420 e. The van der Waals surface area contributed by atoms with Crippen molar-refractivity contribution < 1.29 is 33.8 Å². The van der Waals surface area contributed by atoms with E-state index in [1.165, 1.54) is 22.8 Å². The van der Waals surface area contributed by atoms with Gasteiger partial charge in [0.05, 0.1) is 12.1 Å². The van der Waals surface area contributed by atoms with Crippen molar-refractivity contribution in [3.63, 3.8) is 0 Å².